The average Bonchev–Trinajstić information content (AvgIpc) is 2.52. The second kappa shape index (κ2) is 10.7. The van der Waals surface area contributed by atoms with Crippen molar-refractivity contribution in [2.75, 3.05) is 31.9 Å². The van der Waals surface area contributed by atoms with Crippen LogP contribution in [0.1, 0.15) is 25.8 Å². The van der Waals surface area contributed by atoms with Gasteiger partial charge in [-0.05, 0) is 30.5 Å². The molecule has 6 nitrogen and oxygen atoms in total. The Balaban J connectivity index is 2.20. The quantitative estimate of drug-likeness (QED) is 0.571. The molecule has 0 aliphatic heterocycles. The number of benzene rings is 1. The standard InChI is InChI=1S/C16H26BrN3O3S/c1-3-20(4-2)24(22,23)12-11-19-16(21)18-10-6-8-14-7-5-9-15(17)13-14/h5,7,9,13H,3-4,6,8,10-12H2,1-2H3,(H2,18,19,21). The van der Waals surface area contributed by atoms with E-state index in [0.717, 1.165) is 17.3 Å². The molecule has 1 aromatic carbocycles. The first-order chi connectivity index (χ1) is 11.4. The maximum Gasteiger partial charge on any atom is 0.314 e. The van der Waals surface area contributed by atoms with E-state index in [4.69, 9.17) is 0 Å². The first-order valence-corrected chi connectivity index (χ1v) is 10.5. The molecule has 0 aromatic heterocycles. The summed E-state index contributed by atoms with van der Waals surface area (Å²) in [6.07, 6.45) is 1.69. The van der Waals surface area contributed by atoms with Gasteiger partial charge in [0.25, 0.3) is 0 Å². The predicted octanol–water partition coefficient (Wildman–Crippen LogP) is 2.35. The summed E-state index contributed by atoms with van der Waals surface area (Å²) >= 11 is 3.43. The van der Waals surface area contributed by atoms with Crippen molar-refractivity contribution in [1.29, 1.82) is 0 Å². The third kappa shape index (κ3) is 7.63. The molecule has 2 amide bonds. The summed E-state index contributed by atoms with van der Waals surface area (Å²) in [5, 5.41) is 5.33. The summed E-state index contributed by atoms with van der Waals surface area (Å²) in [6.45, 7) is 5.14. The van der Waals surface area contributed by atoms with Gasteiger partial charge in [-0.1, -0.05) is 41.9 Å². The molecule has 0 aliphatic rings. The molecule has 8 heteroatoms. The molecule has 0 aliphatic carbocycles. The Kier molecular flexibility index (Phi) is 9.31. The van der Waals surface area contributed by atoms with Gasteiger partial charge >= 0.3 is 6.03 Å². The van der Waals surface area contributed by atoms with Crippen molar-refractivity contribution in [1.82, 2.24) is 14.9 Å². The normalized spacial score (nSPS) is 11.5. The SMILES string of the molecule is CCN(CC)S(=O)(=O)CCNC(=O)NCCCc1cccc(Br)c1. The Bertz CT molecular complexity index is 619. The highest BCUT2D eigenvalue weighted by atomic mass is 79.9. The fraction of sp³-hybridized carbons (Fsp3) is 0.562. The van der Waals surface area contributed by atoms with E-state index < -0.39 is 10.0 Å². The lowest BCUT2D eigenvalue weighted by Gasteiger charge is -2.18. The molecule has 0 atom stereocenters. The molecular formula is C16H26BrN3O3S. The molecule has 0 spiro atoms. The molecule has 0 radical (unpaired) electrons. The molecule has 1 aromatic rings. The van der Waals surface area contributed by atoms with Gasteiger partial charge in [-0.3, -0.25) is 0 Å². The average molecular weight is 420 g/mol. The van der Waals surface area contributed by atoms with E-state index in [-0.39, 0.29) is 18.3 Å². The smallest absolute Gasteiger partial charge is 0.314 e. The van der Waals surface area contributed by atoms with E-state index in [1.54, 1.807) is 13.8 Å². The summed E-state index contributed by atoms with van der Waals surface area (Å²) < 4.78 is 26.4. The monoisotopic (exact) mass is 419 g/mol. The Labute approximate surface area is 153 Å². The molecule has 0 bridgehead atoms. The minimum Gasteiger partial charge on any atom is -0.338 e. The number of rotatable bonds is 10. The van der Waals surface area contributed by atoms with Gasteiger partial charge in [0, 0.05) is 30.7 Å². The Morgan fingerprint density at radius 1 is 1.17 bits per heavy atom. The Morgan fingerprint density at radius 2 is 1.83 bits per heavy atom. The maximum absolute atomic E-state index is 12.0. The summed E-state index contributed by atoms with van der Waals surface area (Å²) in [6, 6.07) is 7.72. The van der Waals surface area contributed by atoms with E-state index >= 15 is 0 Å². The van der Waals surface area contributed by atoms with Gasteiger partial charge in [0.2, 0.25) is 10.0 Å². The first kappa shape index (κ1) is 20.9. The number of carbonyl (C=O) groups excluding carboxylic acids is 1. The van der Waals surface area contributed by atoms with E-state index in [0.29, 0.717) is 19.6 Å². The molecular weight excluding hydrogens is 394 g/mol. The van der Waals surface area contributed by atoms with Gasteiger partial charge in [0.05, 0.1) is 5.75 Å². The molecule has 136 valence electrons. The Morgan fingerprint density at radius 3 is 2.46 bits per heavy atom. The fourth-order valence-corrected chi connectivity index (χ4v) is 4.14. The van der Waals surface area contributed by atoms with E-state index in [9.17, 15) is 13.2 Å². The zero-order valence-electron chi connectivity index (χ0n) is 14.2. The van der Waals surface area contributed by atoms with Crippen molar-refractivity contribution in [3.8, 4) is 0 Å². The van der Waals surface area contributed by atoms with Crippen molar-refractivity contribution < 1.29 is 13.2 Å². The van der Waals surface area contributed by atoms with Crippen LogP contribution in [-0.2, 0) is 16.4 Å². The van der Waals surface area contributed by atoms with Crippen molar-refractivity contribution in [3.05, 3.63) is 34.3 Å². The lowest BCUT2D eigenvalue weighted by Crippen LogP contribution is -2.41. The molecule has 0 fully saturated rings. The number of sulfonamides is 1. The minimum absolute atomic E-state index is 0.0832. The third-order valence-electron chi connectivity index (χ3n) is 3.56. The van der Waals surface area contributed by atoms with Gasteiger partial charge in [0.15, 0.2) is 0 Å². The molecule has 1 rings (SSSR count). The van der Waals surface area contributed by atoms with Gasteiger partial charge in [-0.25, -0.2) is 17.5 Å². The number of aryl methyl sites for hydroxylation is 1. The Hall–Kier alpha value is -1.12. The first-order valence-electron chi connectivity index (χ1n) is 8.13. The van der Waals surface area contributed by atoms with Crippen LogP contribution in [0.3, 0.4) is 0 Å². The van der Waals surface area contributed by atoms with Crippen LogP contribution < -0.4 is 10.6 Å². The summed E-state index contributed by atoms with van der Waals surface area (Å²) in [4.78, 5) is 11.7. The molecule has 0 heterocycles. The third-order valence-corrected chi connectivity index (χ3v) is 6.08. The van der Waals surface area contributed by atoms with E-state index in [2.05, 4.69) is 32.6 Å². The molecule has 0 saturated heterocycles. The highest BCUT2D eigenvalue weighted by Crippen LogP contribution is 2.12. The number of halogens is 1. The molecule has 24 heavy (non-hydrogen) atoms. The topological polar surface area (TPSA) is 78.5 Å². The van der Waals surface area contributed by atoms with Crippen LogP contribution in [-0.4, -0.2) is 50.7 Å². The number of carbonyl (C=O) groups is 1. The lowest BCUT2D eigenvalue weighted by molar-refractivity contribution is 0.241. The van der Waals surface area contributed by atoms with Crippen molar-refractivity contribution in [3.63, 3.8) is 0 Å². The van der Waals surface area contributed by atoms with Crippen LogP contribution in [0.5, 0.6) is 0 Å². The second-order valence-corrected chi connectivity index (χ2v) is 8.32. The number of nitrogens with zero attached hydrogens (tertiary/aromatic N) is 1. The molecule has 0 unspecified atom stereocenters. The van der Waals surface area contributed by atoms with Crippen LogP contribution in [0.25, 0.3) is 0 Å². The van der Waals surface area contributed by atoms with Gasteiger partial charge < -0.3 is 10.6 Å². The predicted molar refractivity (Wildman–Crippen MR) is 101 cm³/mol. The minimum atomic E-state index is -3.30. The van der Waals surface area contributed by atoms with Crippen molar-refractivity contribution in [2.24, 2.45) is 0 Å². The zero-order valence-corrected chi connectivity index (χ0v) is 16.6. The summed E-state index contributed by atoms with van der Waals surface area (Å²) in [5.41, 5.74) is 1.21. The van der Waals surface area contributed by atoms with Crippen LogP contribution >= 0.6 is 15.9 Å². The van der Waals surface area contributed by atoms with Crippen LogP contribution in [0, 0.1) is 0 Å². The summed E-state index contributed by atoms with van der Waals surface area (Å²) in [7, 11) is -3.30. The number of amides is 2. The number of hydrogen-bond donors (Lipinski definition) is 2. The van der Waals surface area contributed by atoms with Gasteiger partial charge in [-0.2, -0.15) is 0 Å². The van der Waals surface area contributed by atoms with Crippen LogP contribution in [0.15, 0.2) is 28.7 Å². The largest absolute Gasteiger partial charge is 0.338 e. The van der Waals surface area contributed by atoms with Crippen molar-refractivity contribution in [2.45, 2.75) is 26.7 Å². The van der Waals surface area contributed by atoms with Gasteiger partial charge in [-0.15, -0.1) is 0 Å². The highest BCUT2D eigenvalue weighted by molar-refractivity contribution is 9.10. The van der Waals surface area contributed by atoms with Crippen LogP contribution in [0.2, 0.25) is 0 Å². The summed E-state index contributed by atoms with van der Waals surface area (Å²) in [5.74, 6) is -0.0832. The van der Waals surface area contributed by atoms with E-state index in [1.807, 2.05) is 18.2 Å². The highest BCUT2D eigenvalue weighted by Gasteiger charge is 2.18. The molecule has 0 saturated carbocycles. The lowest BCUT2D eigenvalue weighted by atomic mass is 10.1. The van der Waals surface area contributed by atoms with Gasteiger partial charge in [0.1, 0.15) is 0 Å². The number of nitrogens with one attached hydrogen (secondary N) is 2. The van der Waals surface area contributed by atoms with Crippen molar-refractivity contribution >= 4 is 32.0 Å². The number of hydrogen-bond acceptors (Lipinski definition) is 3. The number of urea groups is 1. The fourth-order valence-electron chi connectivity index (χ4n) is 2.29. The maximum atomic E-state index is 12.0. The van der Waals surface area contributed by atoms with Crippen LogP contribution in [0.4, 0.5) is 4.79 Å². The second-order valence-electron chi connectivity index (χ2n) is 5.32. The van der Waals surface area contributed by atoms with E-state index in [1.165, 1.54) is 9.87 Å². The zero-order chi connectivity index (χ0) is 18.0. The molecule has 2 N–H and O–H groups in total.